The highest BCUT2D eigenvalue weighted by atomic mass is 79.9. The Morgan fingerprint density at radius 2 is 1.82 bits per heavy atom. The highest BCUT2D eigenvalue weighted by Gasteiger charge is 2.15. The molecule has 0 radical (unpaired) electrons. The predicted molar refractivity (Wildman–Crippen MR) is 62.6 cm³/mol. The van der Waals surface area contributed by atoms with Crippen molar-refractivity contribution in [2.24, 2.45) is 5.92 Å². The van der Waals surface area contributed by atoms with Gasteiger partial charge in [-0.25, -0.2) is 0 Å². The second kappa shape index (κ2) is 5.95. The summed E-state index contributed by atoms with van der Waals surface area (Å²) in [7, 11) is 1.66. The molecule has 66 valence electrons. The lowest BCUT2D eigenvalue weighted by Gasteiger charge is -2.14. The maximum absolute atomic E-state index is 5.09. The molecule has 0 rings (SSSR count). The Morgan fingerprint density at radius 3 is 1.91 bits per heavy atom. The van der Waals surface area contributed by atoms with Crippen LogP contribution in [0.1, 0.15) is 13.8 Å². The zero-order valence-corrected chi connectivity index (χ0v) is 12.2. The van der Waals surface area contributed by atoms with E-state index in [1.165, 1.54) is 5.31 Å². The Balaban J connectivity index is 4.58. The van der Waals surface area contributed by atoms with Crippen LogP contribution in [0.25, 0.3) is 0 Å². The van der Waals surface area contributed by atoms with Gasteiger partial charge in [-0.15, -0.1) is 0 Å². The SMILES string of the molecule is CO/C(Br)=C(/C(C)C)P(Br)Br. The third-order valence-corrected chi connectivity index (χ3v) is 5.54. The van der Waals surface area contributed by atoms with Crippen LogP contribution in [0.2, 0.25) is 0 Å². The van der Waals surface area contributed by atoms with E-state index in [1.54, 1.807) is 7.11 Å². The summed E-state index contributed by atoms with van der Waals surface area (Å²) in [5, 5.41) is 0.823. The Hall–Kier alpha value is 1.41. The fraction of sp³-hybridized carbons (Fsp3) is 0.667. The molecular weight excluding hydrogens is 359 g/mol. The van der Waals surface area contributed by atoms with Crippen molar-refractivity contribution in [3.05, 3.63) is 9.98 Å². The first-order valence-electron chi connectivity index (χ1n) is 3.06. The van der Waals surface area contributed by atoms with E-state index in [1.807, 2.05) is 0 Å². The first-order chi connectivity index (χ1) is 5.00. The average Bonchev–Trinajstić information content (AvgIpc) is 1.85. The van der Waals surface area contributed by atoms with E-state index in [9.17, 15) is 0 Å². The molecule has 0 aliphatic carbocycles. The summed E-state index contributed by atoms with van der Waals surface area (Å²) in [5.41, 5.74) is 0. The van der Waals surface area contributed by atoms with Gasteiger partial charge in [-0.05, 0) is 52.8 Å². The van der Waals surface area contributed by atoms with Gasteiger partial charge in [0.2, 0.25) is 0 Å². The van der Waals surface area contributed by atoms with Gasteiger partial charge in [0.15, 0.2) is 4.67 Å². The standard InChI is InChI=1S/C6H10Br3OP/c1-4(2)5(11(8)9)6(7)10-3/h4H,1-3H3/b6-5-. The van der Waals surface area contributed by atoms with Crippen LogP contribution in [0, 0.1) is 5.92 Å². The highest BCUT2D eigenvalue weighted by Crippen LogP contribution is 2.63. The van der Waals surface area contributed by atoms with Crippen LogP contribution in [-0.4, -0.2) is 7.11 Å². The fourth-order valence-electron chi connectivity index (χ4n) is 0.593. The molecule has 0 saturated carbocycles. The second-order valence-electron chi connectivity index (χ2n) is 2.25. The monoisotopic (exact) mass is 366 g/mol. The molecule has 0 heterocycles. The number of rotatable bonds is 3. The van der Waals surface area contributed by atoms with Gasteiger partial charge in [0, 0.05) is 5.31 Å². The van der Waals surface area contributed by atoms with Crippen molar-refractivity contribution in [3.8, 4) is 0 Å². The summed E-state index contributed by atoms with van der Waals surface area (Å²) in [5.74, 6) is 0.481. The number of allylic oxidation sites excluding steroid dienone is 1. The maximum atomic E-state index is 5.09. The number of hydrogen-bond donors (Lipinski definition) is 0. The lowest BCUT2D eigenvalue weighted by molar-refractivity contribution is 0.323. The molecule has 0 bridgehead atoms. The highest BCUT2D eigenvalue weighted by molar-refractivity contribution is 9.70. The summed E-state index contributed by atoms with van der Waals surface area (Å²) in [6.07, 6.45) is 0. The van der Waals surface area contributed by atoms with Gasteiger partial charge in [-0.3, -0.25) is 0 Å². The van der Waals surface area contributed by atoms with Crippen molar-refractivity contribution in [2.75, 3.05) is 7.11 Å². The van der Waals surface area contributed by atoms with E-state index in [4.69, 9.17) is 4.74 Å². The minimum atomic E-state index is -0.416. The molecule has 1 nitrogen and oxygen atoms in total. The summed E-state index contributed by atoms with van der Waals surface area (Å²) < 4.78 is 5.91. The van der Waals surface area contributed by atoms with Gasteiger partial charge in [-0.1, -0.05) is 13.8 Å². The smallest absolute Gasteiger partial charge is 0.167 e. The van der Waals surface area contributed by atoms with Gasteiger partial charge in [-0.2, -0.15) is 0 Å². The van der Waals surface area contributed by atoms with E-state index in [0.717, 1.165) is 4.67 Å². The van der Waals surface area contributed by atoms with E-state index < -0.39 is 5.33 Å². The first kappa shape index (κ1) is 12.4. The molecule has 0 atom stereocenters. The number of hydrogen-bond acceptors (Lipinski definition) is 1. The van der Waals surface area contributed by atoms with Crippen LogP contribution in [0.4, 0.5) is 0 Å². The molecule has 0 amide bonds. The van der Waals surface area contributed by atoms with Gasteiger partial charge in [0.25, 0.3) is 0 Å². The zero-order chi connectivity index (χ0) is 9.02. The Kier molecular flexibility index (Phi) is 6.72. The molecular formula is C6H10Br3OP. The Labute approximate surface area is 93.3 Å². The van der Waals surface area contributed by atoms with E-state index in [0.29, 0.717) is 5.92 Å². The number of ether oxygens (including phenoxy) is 1. The molecule has 0 aromatic rings. The topological polar surface area (TPSA) is 9.23 Å². The molecule has 0 aromatic carbocycles. The van der Waals surface area contributed by atoms with Crippen molar-refractivity contribution in [1.29, 1.82) is 0 Å². The van der Waals surface area contributed by atoms with Crippen molar-refractivity contribution < 1.29 is 4.74 Å². The minimum absolute atomic E-state index is 0.416. The van der Waals surface area contributed by atoms with Gasteiger partial charge >= 0.3 is 0 Å². The summed E-state index contributed by atoms with van der Waals surface area (Å²) >= 11 is 10.4. The van der Waals surface area contributed by atoms with Gasteiger partial charge in [0.05, 0.1) is 12.4 Å². The summed E-state index contributed by atoms with van der Waals surface area (Å²) in [4.78, 5) is 0. The summed E-state index contributed by atoms with van der Waals surface area (Å²) in [6, 6.07) is 0. The summed E-state index contributed by atoms with van der Waals surface area (Å²) in [6.45, 7) is 4.26. The molecule has 0 unspecified atom stereocenters. The minimum Gasteiger partial charge on any atom is -0.490 e. The number of methoxy groups -OCH3 is 1. The molecule has 0 aliphatic rings. The van der Waals surface area contributed by atoms with Crippen LogP contribution in [0.15, 0.2) is 9.98 Å². The van der Waals surface area contributed by atoms with E-state index in [-0.39, 0.29) is 0 Å². The first-order valence-corrected chi connectivity index (χ1v) is 9.23. The molecule has 0 fully saturated rings. The maximum Gasteiger partial charge on any atom is 0.167 e. The normalized spacial score (nSPS) is 13.8. The Morgan fingerprint density at radius 1 is 1.36 bits per heavy atom. The van der Waals surface area contributed by atoms with Crippen LogP contribution >= 0.6 is 52.2 Å². The van der Waals surface area contributed by atoms with Crippen LogP contribution in [0.3, 0.4) is 0 Å². The molecule has 0 N–H and O–H groups in total. The third kappa shape index (κ3) is 4.25. The fourth-order valence-corrected chi connectivity index (χ4v) is 7.05. The van der Waals surface area contributed by atoms with Crippen LogP contribution in [-0.2, 0) is 4.74 Å². The Bertz CT molecular complexity index is 146. The molecule has 0 saturated heterocycles. The largest absolute Gasteiger partial charge is 0.490 e. The molecule has 11 heavy (non-hydrogen) atoms. The molecule has 0 spiro atoms. The zero-order valence-electron chi connectivity index (χ0n) is 6.57. The van der Waals surface area contributed by atoms with Crippen molar-refractivity contribution >= 4 is 52.2 Å². The van der Waals surface area contributed by atoms with Crippen LogP contribution < -0.4 is 0 Å². The lowest BCUT2D eigenvalue weighted by Crippen LogP contribution is -1.92. The van der Waals surface area contributed by atoms with E-state index >= 15 is 0 Å². The van der Waals surface area contributed by atoms with Crippen LogP contribution in [0.5, 0.6) is 0 Å². The van der Waals surface area contributed by atoms with Crippen molar-refractivity contribution in [2.45, 2.75) is 13.8 Å². The second-order valence-corrected chi connectivity index (χ2v) is 11.0. The quantitative estimate of drug-likeness (QED) is 0.505. The molecule has 5 heteroatoms. The van der Waals surface area contributed by atoms with Crippen molar-refractivity contribution in [3.63, 3.8) is 0 Å². The third-order valence-electron chi connectivity index (χ3n) is 1.11. The lowest BCUT2D eigenvalue weighted by atomic mass is 10.2. The molecule has 0 aliphatic heterocycles. The molecule has 0 aromatic heterocycles. The van der Waals surface area contributed by atoms with Gasteiger partial charge < -0.3 is 4.74 Å². The predicted octanol–water partition coefficient (Wildman–Crippen LogP) is 4.95. The van der Waals surface area contributed by atoms with Crippen molar-refractivity contribution in [1.82, 2.24) is 0 Å². The van der Waals surface area contributed by atoms with E-state index in [2.05, 4.69) is 60.8 Å². The number of halogens is 3. The average molecular weight is 369 g/mol. The van der Waals surface area contributed by atoms with Gasteiger partial charge in [0.1, 0.15) is 0 Å².